The maximum absolute atomic E-state index is 13.8. The maximum atomic E-state index is 13.8. The summed E-state index contributed by atoms with van der Waals surface area (Å²) in [7, 11) is 3.27. The van der Waals surface area contributed by atoms with E-state index in [1.54, 1.807) is 20.3 Å². The first-order valence-electron chi connectivity index (χ1n) is 7.97. The zero-order valence-corrected chi connectivity index (χ0v) is 14.2. The third-order valence-electron chi connectivity index (χ3n) is 3.97. The fourth-order valence-electron chi connectivity index (χ4n) is 2.78. The van der Waals surface area contributed by atoms with Crippen molar-refractivity contribution in [1.82, 2.24) is 0 Å². The molecule has 0 spiro atoms. The van der Waals surface area contributed by atoms with Crippen LogP contribution < -0.4 is 9.47 Å². The standard InChI is InChI=1S/C22H19FO2/c1-24-21-12-5-3-8-17(21)15-20(16-9-7-10-18(23)14-16)19-11-4-6-13-22(19)25-2/h3-15H,1-2H3/b20-15-. The molecule has 0 saturated heterocycles. The first-order chi connectivity index (χ1) is 12.2. The Labute approximate surface area is 147 Å². The molecule has 0 aromatic heterocycles. The average Bonchev–Trinajstić information content (AvgIpc) is 2.66. The normalized spacial score (nSPS) is 11.2. The van der Waals surface area contributed by atoms with Crippen molar-refractivity contribution in [2.24, 2.45) is 0 Å². The lowest BCUT2D eigenvalue weighted by Gasteiger charge is -2.14. The van der Waals surface area contributed by atoms with Gasteiger partial charge in [0.15, 0.2) is 0 Å². The summed E-state index contributed by atoms with van der Waals surface area (Å²) in [6.45, 7) is 0. The summed E-state index contributed by atoms with van der Waals surface area (Å²) in [5.74, 6) is 1.21. The molecule has 0 bridgehead atoms. The van der Waals surface area contributed by atoms with E-state index in [-0.39, 0.29) is 5.82 Å². The maximum Gasteiger partial charge on any atom is 0.126 e. The highest BCUT2D eigenvalue weighted by Crippen LogP contribution is 2.34. The number of benzene rings is 3. The van der Waals surface area contributed by atoms with Gasteiger partial charge >= 0.3 is 0 Å². The van der Waals surface area contributed by atoms with Crippen LogP contribution in [-0.2, 0) is 0 Å². The van der Waals surface area contributed by atoms with Crippen LogP contribution in [-0.4, -0.2) is 14.2 Å². The highest BCUT2D eigenvalue weighted by atomic mass is 19.1. The van der Waals surface area contributed by atoms with Gasteiger partial charge in [-0.05, 0) is 41.5 Å². The lowest BCUT2D eigenvalue weighted by atomic mass is 9.94. The van der Waals surface area contributed by atoms with Crippen LogP contribution in [0, 0.1) is 5.82 Å². The van der Waals surface area contributed by atoms with E-state index in [1.165, 1.54) is 12.1 Å². The summed E-state index contributed by atoms with van der Waals surface area (Å²) in [6.07, 6.45) is 1.99. The van der Waals surface area contributed by atoms with Gasteiger partial charge in [0.25, 0.3) is 0 Å². The minimum atomic E-state index is -0.279. The van der Waals surface area contributed by atoms with Gasteiger partial charge in [-0.15, -0.1) is 0 Å². The molecule has 0 unspecified atom stereocenters. The van der Waals surface area contributed by atoms with Crippen molar-refractivity contribution < 1.29 is 13.9 Å². The summed E-state index contributed by atoms with van der Waals surface area (Å²) in [6, 6.07) is 22.0. The Kier molecular flexibility index (Phi) is 5.14. The fourth-order valence-corrected chi connectivity index (χ4v) is 2.78. The smallest absolute Gasteiger partial charge is 0.126 e. The molecule has 25 heavy (non-hydrogen) atoms. The Morgan fingerprint density at radius 1 is 0.800 bits per heavy atom. The third kappa shape index (κ3) is 3.72. The summed E-state index contributed by atoms with van der Waals surface area (Å²) in [5, 5.41) is 0. The monoisotopic (exact) mass is 334 g/mol. The number of para-hydroxylation sites is 2. The summed E-state index contributed by atoms with van der Waals surface area (Å²) in [4.78, 5) is 0. The molecule has 0 atom stereocenters. The summed E-state index contributed by atoms with van der Waals surface area (Å²) >= 11 is 0. The first kappa shape index (κ1) is 16.8. The summed E-state index contributed by atoms with van der Waals surface area (Å²) in [5.41, 5.74) is 3.44. The lowest BCUT2D eigenvalue weighted by Crippen LogP contribution is -1.95. The molecule has 126 valence electrons. The molecule has 3 heteroatoms. The molecule has 0 amide bonds. The van der Waals surface area contributed by atoms with Crippen LogP contribution in [0.15, 0.2) is 72.8 Å². The van der Waals surface area contributed by atoms with Crippen LogP contribution in [0.5, 0.6) is 11.5 Å². The van der Waals surface area contributed by atoms with Gasteiger partial charge in [-0.2, -0.15) is 0 Å². The quantitative estimate of drug-likeness (QED) is 0.579. The van der Waals surface area contributed by atoms with Gasteiger partial charge < -0.3 is 9.47 Å². The summed E-state index contributed by atoms with van der Waals surface area (Å²) < 4.78 is 24.8. The molecular weight excluding hydrogens is 315 g/mol. The van der Waals surface area contributed by atoms with Gasteiger partial charge in [0.2, 0.25) is 0 Å². The molecule has 3 aromatic carbocycles. The predicted molar refractivity (Wildman–Crippen MR) is 99.4 cm³/mol. The zero-order valence-electron chi connectivity index (χ0n) is 14.2. The van der Waals surface area contributed by atoms with E-state index in [4.69, 9.17) is 9.47 Å². The van der Waals surface area contributed by atoms with E-state index in [0.717, 1.165) is 33.8 Å². The minimum absolute atomic E-state index is 0.279. The zero-order chi connectivity index (χ0) is 17.6. The second-order valence-corrected chi connectivity index (χ2v) is 5.51. The van der Waals surface area contributed by atoms with Gasteiger partial charge in [-0.1, -0.05) is 48.5 Å². The predicted octanol–water partition coefficient (Wildman–Crippen LogP) is 5.43. The van der Waals surface area contributed by atoms with Crippen molar-refractivity contribution in [3.8, 4) is 11.5 Å². The first-order valence-corrected chi connectivity index (χ1v) is 7.97. The van der Waals surface area contributed by atoms with E-state index >= 15 is 0 Å². The van der Waals surface area contributed by atoms with Gasteiger partial charge in [-0.25, -0.2) is 4.39 Å². The largest absolute Gasteiger partial charge is 0.496 e. The van der Waals surface area contributed by atoms with E-state index in [1.807, 2.05) is 60.7 Å². The number of halogens is 1. The van der Waals surface area contributed by atoms with Crippen LogP contribution in [0.3, 0.4) is 0 Å². The van der Waals surface area contributed by atoms with E-state index in [0.29, 0.717) is 0 Å². The average molecular weight is 334 g/mol. The van der Waals surface area contributed by atoms with Crippen molar-refractivity contribution in [3.63, 3.8) is 0 Å². The van der Waals surface area contributed by atoms with Crippen molar-refractivity contribution >= 4 is 11.6 Å². The highest BCUT2D eigenvalue weighted by Gasteiger charge is 2.12. The third-order valence-corrected chi connectivity index (χ3v) is 3.97. The molecule has 0 aliphatic heterocycles. The van der Waals surface area contributed by atoms with Crippen molar-refractivity contribution in [1.29, 1.82) is 0 Å². The van der Waals surface area contributed by atoms with Crippen molar-refractivity contribution in [3.05, 3.63) is 95.3 Å². The SMILES string of the molecule is COc1ccccc1/C=C(/c1cccc(F)c1)c1ccccc1OC. The molecule has 3 aromatic rings. The molecule has 0 N–H and O–H groups in total. The Bertz CT molecular complexity index is 900. The van der Waals surface area contributed by atoms with Gasteiger partial charge in [-0.3, -0.25) is 0 Å². The Morgan fingerprint density at radius 2 is 1.48 bits per heavy atom. The van der Waals surface area contributed by atoms with Crippen LogP contribution in [0.1, 0.15) is 16.7 Å². The second kappa shape index (κ2) is 7.67. The van der Waals surface area contributed by atoms with Gasteiger partial charge in [0, 0.05) is 11.1 Å². The van der Waals surface area contributed by atoms with Crippen molar-refractivity contribution in [2.75, 3.05) is 14.2 Å². The second-order valence-electron chi connectivity index (χ2n) is 5.51. The minimum Gasteiger partial charge on any atom is -0.496 e. The topological polar surface area (TPSA) is 18.5 Å². The van der Waals surface area contributed by atoms with Crippen LogP contribution in [0.2, 0.25) is 0 Å². The van der Waals surface area contributed by atoms with Gasteiger partial charge in [0.05, 0.1) is 14.2 Å². The van der Waals surface area contributed by atoms with E-state index < -0.39 is 0 Å². The van der Waals surface area contributed by atoms with Crippen LogP contribution in [0.25, 0.3) is 11.6 Å². The molecule has 2 nitrogen and oxygen atoms in total. The molecule has 0 fully saturated rings. The van der Waals surface area contributed by atoms with E-state index in [9.17, 15) is 4.39 Å². The van der Waals surface area contributed by atoms with Gasteiger partial charge in [0.1, 0.15) is 17.3 Å². The molecule has 0 saturated carbocycles. The number of ether oxygens (including phenoxy) is 2. The number of hydrogen-bond donors (Lipinski definition) is 0. The highest BCUT2D eigenvalue weighted by molar-refractivity contribution is 5.94. The lowest BCUT2D eigenvalue weighted by molar-refractivity contribution is 0.413. The number of rotatable bonds is 5. The molecule has 3 rings (SSSR count). The Balaban J connectivity index is 2.24. The van der Waals surface area contributed by atoms with E-state index in [2.05, 4.69) is 0 Å². The van der Waals surface area contributed by atoms with Crippen LogP contribution in [0.4, 0.5) is 4.39 Å². The molecule has 0 aliphatic rings. The molecule has 0 radical (unpaired) electrons. The Morgan fingerprint density at radius 3 is 2.20 bits per heavy atom. The fraction of sp³-hybridized carbons (Fsp3) is 0.0909. The number of hydrogen-bond acceptors (Lipinski definition) is 2. The molecular formula is C22H19FO2. The number of methoxy groups -OCH3 is 2. The molecule has 0 aliphatic carbocycles. The van der Waals surface area contributed by atoms with Crippen molar-refractivity contribution in [2.45, 2.75) is 0 Å². The van der Waals surface area contributed by atoms with Crippen LogP contribution >= 0.6 is 0 Å². The Hall–Kier alpha value is -3.07. The molecule has 0 heterocycles.